The predicted molar refractivity (Wildman–Crippen MR) is 76.7 cm³/mol. The Morgan fingerprint density at radius 2 is 2.21 bits per heavy atom. The molecule has 0 N–H and O–H groups in total. The van der Waals surface area contributed by atoms with E-state index in [-0.39, 0.29) is 5.56 Å². The van der Waals surface area contributed by atoms with E-state index in [2.05, 4.69) is 24.0 Å². The maximum atomic E-state index is 12.3. The van der Waals surface area contributed by atoms with Crippen molar-refractivity contribution in [1.82, 2.24) is 9.38 Å². The van der Waals surface area contributed by atoms with Gasteiger partial charge in [-0.3, -0.25) is 9.20 Å². The van der Waals surface area contributed by atoms with Crippen molar-refractivity contribution in [2.24, 2.45) is 0 Å². The summed E-state index contributed by atoms with van der Waals surface area (Å²) in [4.78, 5) is 17.0. The first-order valence-corrected chi connectivity index (χ1v) is 7.32. The molecular weight excluding hydrogens is 236 g/mol. The molecule has 3 rings (SSSR count). The average molecular weight is 256 g/mol. The zero-order valence-electron chi connectivity index (χ0n) is 11.5. The summed E-state index contributed by atoms with van der Waals surface area (Å²) in [5.41, 5.74) is 4.20. The molecule has 3 heteroatoms. The van der Waals surface area contributed by atoms with E-state index in [0.717, 1.165) is 42.6 Å². The average Bonchev–Trinajstić information content (AvgIpc) is 2.87. The smallest absolute Gasteiger partial charge is 0.261 e. The summed E-state index contributed by atoms with van der Waals surface area (Å²) in [6, 6.07) is 4.14. The van der Waals surface area contributed by atoms with Crippen LogP contribution in [-0.2, 0) is 19.3 Å². The first kappa shape index (κ1) is 12.4. The number of rotatable bonds is 4. The maximum absolute atomic E-state index is 12.3. The molecule has 0 saturated carbocycles. The third kappa shape index (κ3) is 2.29. The van der Waals surface area contributed by atoms with Crippen LogP contribution in [0.4, 0.5) is 0 Å². The molecule has 3 nitrogen and oxygen atoms in total. The Bertz CT molecular complexity index is 658. The molecule has 0 fully saturated rings. The number of fused-ring (bicyclic) bond motifs is 2. The van der Waals surface area contributed by atoms with Gasteiger partial charge in [0.05, 0.1) is 5.69 Å². The van der Waals surface area contributed by atoms with Gasteiger partial charge < -0.3 is 0 Å². The Kier molecular flexibility index (Phi) is 3.36. The molecule has 1 aliphatic carbocycles. The van der Waals surface area contributed by atoms with E-state index in [1.807, 2.05) is 6.20 Å². The van der Waals surface area contributed by atoms with Gasteiger partial charge in [0, 0.05) is 11.8 Å². The van der Waals surface area contributed by atoms with Crippen molar-refractivity contribution >= 4 is 5.65 Å². The minimum absolute atomic E-state index is 0.137. The molecule has 0 saturated heterocycles. The predicted octanol–water partition coefficient (Wildman–Crippen LogP) is 2.92. The number of pyridine rings is 1. The Morgan fingerprint density at radius 3 is 3.05 bits per heavy atom. The summed E-state index contributed by atoms with van der Waals surface area (Å²) in [6.45, 7) is 2.21. The summed E-state index contributed by atoms with van der Waals surface area (Å²) in [6.07, 6.45) is 9.60. The van der Waals surface area contributed by atoms with Crippen molar-refractivity contribution in [1.29, 1.82) is 0 Å². The zero-order chi connectivity index (χ0) is 13.2. The van der Waals surface area contributed by atoms with Crippen molar-refractivity contribution in [3.63, 3.8) is 0 Å². The SMILES string of the molecule is CCCCCc1ccn2c(=O)c3c(nc2c1)CCC3. The van der Waals surface area contributed by atoms with Gasteiger partial charge in [0.2, 0.25) is 0 Å². The number of aromatic nitrogens is 2. The van der Waals surface area contributed by atoms with Gasteiger partial charge in [-0.05, 0) is 49.8 Å². The summed E-state index contributed by atoms with van der Waals surface area (Å²) < 4.78 is 1.70. The number of nitrogens with zero attached hydrogens (tertiary/aromatic N) is 2. The molecule has 0 spiro atoms. The summed E-state index contributed by atoms with van der Waals surface area (Å²) in [5, 5.41) is 0. The normalized spacial score (nSPS) is 13.9. The molecule has 0 atom stereocenters. The van der Waals surface area contributed by atoms with Crippen molar-refractivity contribution in [3.8, 4) is 0 Å². The Morgan fingerprint density at radius 1 is 1.32 bits per heavy atom. The molecule has 0 bridgehead atoms. The van der Waals surface area contributed by atoms with Crippen LogP contribution in [0.2, 0.25) is 0 Å². The fourth-order valence-electron chi connectivity index (χ4n) is 2.89. The van der Waals surface area contributed by atoms with E-state index >= 15 is 0 Å². The Hall–Kier alpha value is -1.64. The number of hydrogen-bond acceptors (Lipinski definition) is 2. The highest BCUT2D eigenvalue weighted by Gasteiger charge is 2.17. The lowest BCUT2D eigenvalue weighted by Gasteiger charge is -2.06. The summed E-state index contributed by atoms with van der Waals surface area (Å²) in [5.74, 6) is 0. The molecule has 0 amide bonds. The van der Waals surface area contributed by atoms with E-state index < -0.39 is 0 Å². The molecule has 2 aromatic heterocycles. The molecule has 2 heterocycles. The van der Waals surface area contributed by atoms with Gasteiger partial charge >= 0.3 is 0 Å². The molecule has 0 unspecified atom stereocenters. The third-order valence-electron chi connectivity index (χ3n) is 3.98. The van der Waals surface area contributed by atoms with E-state index in [4.69, 9.17) is 0 Å². The Balaban J connectivity index is 1.99. The lowest BCUT2D eigenvalue weighted by Crippen LogP contribution is -2.19. The minimum atomic E-state index is 0.137. The van der Waals surface area contributed by atoms with Gasteiger partial charge in [-0.2, -0.15) is 0 Å². The Labute approximate surface area is 113 Å². The van der Waals surface area contributed by atoms with Gasteiger partial charge in [-0.25, -0.2) is 4.98 Å². The maximum Gasteiger partial charge on any atom is 0.261 e. The van der Waals surface area contributed by atoms with Crippen molar-refractivity contribution in [2.45, 2.75) is 51.9 Å². The van der Waals surface area contributed by atoms with Crippen LogP contribution in [0.5, 0.6) is 0 Å². The molecule has 100 valence electrons. The monoisotopic (exact) mass is 256 g/mol. The van der Waals surface area contributed by atoms with Crippen LogP contribution in [0.15, 0.2) is 23.1 Å². The molecule has 19 heavy (non-hydrogen) atoms. The van der Waals surface area contributed by atoms with Crippen LogP contribution < -0.4 is 5.56 Å². The highest BCUT2D eigenvalue weighted by atomic mass is 16.1. The number of hydrogen-bond donors (Lipinski definition) is 0. The molecular formula is C16H20N2O. The van der Waals surface area contributed by atoms with E-state index in [0.29, 0.717) is 0 Å². The van der Waals surface area contributed by atoms with Gasteiger partial charge in [0.15, 0.2) is 0 Å². The lowest BCUT2D eigenvalue weighted by atomic mass is 10.1. The molecule has 1 aliphatic rings. The molecule has 0 aromatic carbocycles. The lowest BCUT2D eigenvalue weighted by molar-refractivity contribution is 0.716. The summed E-state index contributed by atoms with van der Waals surface area (Å²) in [7, 11) is 0. The number of unbranched alkanes of at least 4 members (excludes halogenated alkanes) is 2. The topological polar surface area (TPSA) is 34.4 Å². The van der Waals surface area contributed by atoms with Crippen LogP contribution in [0.1, 0.15) is 49.4 Å². The second kappa shape index (κ2) is 5.16. The fourth-order valence-corrected chi connectivity index (χ4v) is 2.89. The summed E-state index contributed by atoms with van der Waals surface area (Å²) >= 11 is 0. The van der Waals surface area contributed by atoms with Crippen LogP contribution >= 0.6 is 0 Å². The second-order valence-electron chi connectivity index (χ2n) is 5.42. The van der Waals surface area contributed by atoms with Gasteiger partial charge in [-0.1, -0.05) is 19.8 Å². The van der Waals surface area contributed by atoms with Crippen molar-refractivity contribution < 1.29 is 0 Å². The fraction of sp³-hybridized carbons (Fsp3) is 0.500. The van der Waals surface area contributed by atoms with E-state index in [1.54, 1.807) is 4.40 Å². The first-order chi connectivity index (χ1) is 9.29. The standard InChI is InChI=1S/C16H20N2O/c1-2-3-4-6-12-9-10-18-15(11-12)17-14-8-5-7-13(14)16(18)19/h9-11H,2-8H2,1H3. The van der Waals surface area contributed by atoms with Crippen LogP contribution in [0.3, 0.4) is 0 Å². The first-order valence-electron chi connectivity index (χ1n) is 7.32. The largest absolute Gasteiger partial charge is 0.269 e. The van der Waals surface area contributed by atoms with E-state index in [9.17, 15) is 4.79 Å². The van der Waals surface area contributed by atoms with Gasteiger partial charge in [0.1, 0.15) is 5.65 Å². The zero-order valence-corrected chi connectivity index (χ0v) is 11.5. The quantitative estimate of drug-likeness (QED) is 0.788. The van der Waals surface area contributed by atoms with Crippen LogP contribution in [0.25, 0.3) is 5.65 Å². The number of aryl methyl sites for hydroxylation is 2. The minimum Gasteiger partial charge on any atom is -0.269 e. The van der Waals surface area contributed by atoms with Gasteiger partial charge in [-0.15, -0.1) is 0 Å². The van der Waals surface area contributed by atoms with Crippen molar-refractivity contribution in [3.05, 3.63) is 45.5 Å². The highest BCUT2D eigenvalue weighted by Crippen LogP contribution is 2.17. The van der Waals surface area contributed by atoms with Crippen LogP contribution in [0, 0.1) is 0 Å². The van der Waals surface area contributed by atoms with Crippen LogP contribution in [-0.4, -0.2) is 9.38 Å². The molecule has 0 aliphatic heterocycles. The molecule has 0 radical (unpaired) electrons. The molecule has 2 aromatic rings. The second-order valence-corrected chi connectivity index (χ2v) is 5.42. The highest BCUT2D eigenvalue weighted by molar-refractivity contribution is 5.44. The van der Waals surface area contributed by atoms with Gasteiger partial charge in [0.25, 0.3) is 5.56 Å². The van der Waals surface area contributed by atoms with Crippen molar-refractivity contribution in [2.75, 3.05) is 0 Å². The third-order valence-corrected chi connectivity index (χ3v) is 3.98. The van der Waals surface area contributed by atoms with E-state index in [1.165, 1.54) is 24.8 Å².